The van der Waals surface area contributed by atoms with Gasteiger partial charge in [0.2, 0.25) is 0 Å². The highest BCUT2D eigenvalue weighted by atomic mass is 79.9. The van der Waals surface area contributed by atoms with E-state index < -0.39 is 12.8 Å². The molecule has 2 nitrogen and oxygen atoms in total. The van der Waals surface area contributed by atoms with Crippen molar-refractivity contribution in [2.24, 2.45) is 0 Å². The van der Waals surface area contributed by atoms with Crippen molar-refractivity contribution >= 4 is 21.6 Å². The van der Waals surface area contributed by atoms with Gasteiger partial charge < -0.3 is 10.1 Å². The fraction of sp³-hybridized carbons (Fsp3) is 0.455. The van der Waals surface area contributed by atoms with Crippen LogP contribution >= 0.6 is 15.9 Å². The summed E-state index contributed by atoms with van der Waals surface area (Å²) >= 11 is 3.37. The molecule has 0 aliphatic carbocycles. The molecular weight excluding hydrogens is 299 g/mol. The SMILES string of the molecule is Cc1cc(NCCOCC(F)(F)F)ccc1Br. The molecule has 0 heterocycles. The highest BCUT2D eigenvalue weighted by Gasteiger charge is 2.27. The predicted molar refractivity (Wildman–Crippen MR) is 64.2 cm³/mol. The van der Waals surface area contributed by atoms with Crippen LogP contribution in [-0.4, -0.2) is 25.9 Å². The van der Waals surface area contributed by atoms with Crippen molar-refractivity contribution < 1.29 is 17.9 Å². The second-order valence-corrected chi connectivity index (χ2v) is 4.41. The third kappa shape index (κ3) is 5.93. The van der Waals surface area contributed by atoms with Gasteiger partial charge >= 0.3 is 6.18 Å². The van der Waals surface area contributed by atoms with E-state index >= 15 is 0 Å². The van der Waals surface area contributed by atoms with Crippen LogP contribution in [0, 0.1) is 6.92 Å². The summed E-state index contributed by atoms with van der Waals surface area (Å²) in [6, 6.07) is 5.64. The first-order chi connectivity index (χ1) is 7.88. The Bertz CT molecular complexity index is 368. The molecule has 0 fully saturated rings. The molecule has 1 rings (SSSR count). The van der Waals surface area contributed by atoms with Crippen LogP contribution in [0.25, 0.3) is 0 Å². The Labute approximate surface area is 106 Å². The summed E-state index contributed by atoms with van der Waals surface area (Å²) in [7, 11) is 0. The molecule has 0 saturated heterocycles. The zero-order chi connectivity index (χ0) is 12.9. The molecular formula is C11H13BrF3NO. The van der Waals surface area contributed by atoms with Crippen LogP contribution in [0.1, 0.15) is 5.56 Å². The minimum Gasteiger partial charge on any atom is -0.383 e. The molecule has 1 N–H and O–H groups in total. The maximum Gasteiger partial charge on any atom is 0.411 e. The lowest BCUT2D eigenvalue weighted by atomic mass is 10.2. The van der Waals surface area contributed by atoms with E-state index in [4.69, 9.17) is 0 Å². The summed E-state index contributed by atoms with van der Waals surface area (Å²) in [4.78, 5) is 0. The first-order valence-electron chi connectivity index (χ1n) is 5.03. The Morgan fingerprint density at radius 1 is 1.35 bits per heavy atom. The van der Waals surface area contributed by atoms with Crippen LogP contribution in [0.15, 0.2) is 22.7 Å². The molecule has 0 amide bonds. The van der Waals surface area contributed by atoms with E-state index in [1.165, 1.54) is 0 Å². The molecule has 1 aromatic rings. The molecule has 0 unspecified atom stereocenters. The molecule has 1 aromatic carbocycles. The molecule has 0 spiro atoms. The average molecular weight is 312 g/mol. The molecule has 6 heteroatoms. The molecule has 0 saturated carbocycles. The van der Waals surface area contributed by atoms with Gasteiger partial charge in [-0.25, -0.2) is 0 Å². The topological polar surface area (TPSA) is 21.3 Å². The Morgan fingerprint density at radius 2 is 2.06 bits per heavy atom. The van der Waals surface area contributed by atoms with Crippen LogP contribution in [-0.2, 0) is 4.74 Å². The summed E-state index contributed by atoms with van der Waals surface area (Å²) in [5.41, 5.74) is 1.92. The molecule has 0 aliphatic rings. The molecule has 0 aromatic heterocycles. The van der Waals surface area contributed by atoms with Gasteiger partial charge in [0.15, 0.2) is 0 Å². The Balaban J connectivity index is 2.25. The van der Waals surface area contributed by atoms with Crippen molar-refractivity contribution in [1.82, 2.24) is 0 Å². The third-order valence-electron chi connectivity index (χ3n) is 2.00. The lowest BCUT2D eigenvalue weighted by Crippen LogP contribution is -2.20. The van der Waals surface area contributed by atoms with Crippen LogP contribution in [0.2, 0.25) is 0 Å². The van der Waals surface area contributed by atoms with Gasteiger partial charge in [-0.3, -0.25) is 0 Å². The minimum absolute atomic E-state index is 0.0224. The summed E-state index contributed by atoms with van der Waals surface area (Å²) < 4.78 is 40.7. The van der Waals surface area contributed by atoms with Gasteiger partial charge in [0.1, 0.15) is 6.61 Å². The number of aryl methyl sites for hydroxylation is 1. The first-order valence-corrected chi connectivity index (χ1v) is 5.82. The van der Waals surface area contributed by atoms with Crippen molar-refractivity contribution in [2.45, 2.75) is 13.1 Å². The number of benzene rings is 1. The lowest BCUT2D eigenvalue weighted by Gasteiger charge is -2.10. The van der Waals surface area contributed by atoms with Crippen molar-refractivity contribution in [2.75, 3.05) is 25.1 Å². The molecule has 0 aliphatic heterocycles. The largest absolute Gasteiger partial charge is 0.411 e. The van der Waals surface area contributed by atoms with Gasteiger partial charge in [-0.1, -0.05) is 15.9 Å². The summed E-state index contributed by atoms with van der Waals surface area (Å²) in [5.74, 6) is 0. The summed E-state index contributed by atoms with van der Waals surface area (Å²) in [6.07, 6.45) is -4.26. The zero-order valence-corrected chi connectivity index (χ0v) is 10.9. The van der Waals surface area contributed by atoms with Crippen LogP contribution < -0.4 is 5.32 Å². The molecule has 96 valence electrons. The van der Waals surface area contributed by atoms with E-state index in [1.54, 1.807) is 0 Å². The highest BCUT2D eigenvalue weighted by Crippen LogP contribution is 2.19. The molecule has 17 heavy (non-hydrogen) atoms. The zero-order valence-electron chi connectivity index (χ0n) is 9.27. The lowest BCUT2D eigenvalue weighted by molar-refractivity contribution is -0.172. The number of anilines is 1. The van der Waals surface area contributed by atoms with Crippen LogP contribution in [0.4, 0.5) is 18.9 Å². The molecule has 0 atom stereocenters. The number of hydrogen-bond acceptors (Lipinski definition) is 2. The van der Waals surface area contributed by atoms with Crippen molar-refractivity contribution in [3.8, 4) is 0 Å². The van der Waals surface area contributed by atoms with E-state index in [-0.39, 0.29) is 6.61 Å². The number of rotatable bonds is 5. The normalized spacial score (nSPS) is 11.6. The Hall–Kier alpha value is -0.750. The van der Waals surface area contributed by atoms with Crippen LogP contribution in [0.3, 0.4) is 0 Å². The first kappa shape index (κ1) is 14.3. The predicted octanol–water partition coefficient (Wildman–Crippen LogP) is 3.75. The highest BCUT2D eigenvalue weighted by molar-refractivity contribution is 9.10. The average Bonchev–Trinajstić information content (AvgIpc) is 2.21. The number of ether oxygens (including phenoxy) is 1. The maximum atomic E-state index is 11.8. The monoisotopic (exact) mass is 311 g/mol. The van der Waals surface area contributed by atoms with Gasteiger partial charge in [0.25, 0.3) is 0 Å². The van der Waals surface area contributed by atoms with Gasteiger partial charge in [-0.2, -0.15) is 13.2 Å². The number of hydrogen-bond donors (Lipinski definition) is 1. The van der Waals surface area contributed by atoms with E-state index in [9.17, 15) is 13.2 Å². The fourth-order valence-electron chi connectivity index (χ4n) is 1.21. The number of alkyl halides is 3. The van der Waals surface area contributed by atoms with E-state index in [0.29, 0.717) is 6.54 Å². The van der Waals surface area contributed by atoms with Crippen molar-refractivity contribution in [3.63, 3.8) is 0 Å². The van der Waals surface area contributed by atoms with Gasteiger partial charge in [-0.15, -0.1) is 0 Å². The third-order valence-corrected chi connectivity index (χ3v) is 2.89. The minimum atomic E-state index is -4.26. The molecule has 0 radical (unpaired) electrons. The number of halogens is 4. The fourth-order valence-corrected chi connectivity index (χ4v) is 1.46. The van der Waals surface area contributed by atoms with E-state index in [1.807, 2.05) is 25.1 Å². The standard InChI is InChI=1S/C11H13BrF3NO/c1-8-6-9(2-3-10(8)12)16-4-5-17-7-11(13,14)15/h2-3,6,16H,4-5,7H2,1H3. The van der Waals surface area contributed by atoms with Crippen LogP contribution in [0.5, 0.6) is 0 Å². The maximum absolute atomic E-state index is 11.8. The Morgan fingerprint density at radius 3 is 2.65 bits per heavy atom. The summed E-state index contributed by atoms with van der Waals surface area (Å²) in [6.45, 7) is 1.11. The number of nitrogens with one attached hydrogen (secondary N) is 1. The second kappa shape index (κ2) is 6.26. The van der Waals surface area contributed by atoms with E-state index in [2.05, 4.69) is 26.0 Å². The van der Waals surface area contributed by atoms with E-state index in [0.717, 1.165) is 15.7 Å². The molecule has 0 bridgehead atoms. The summed E-state index contributed by atoms with van der Waals surface area (Å²) in [5, 5.41) is 2.99. The van der Waals surface area contributed by atoms with Gasteiger partial charge in [0.05, 0.1) is 6.61 Å². The van der Waals surface area contributed by atoms with Crippen molar-refractivity contribution in [3.05, 3.63) is 28.2 Å². The van der Waals surface area contributed by atoms with Gasteiger partial charge in [0, 0.05) is 16.7 Å². The van der Waals surface area contributed by atoms with Gasteiger partial charge in [-0.05, 0) is 30.7 Å². The Kier molecular flexibility index (Phi) is 5.27. The smallest absolute Gasteiger partial charge is 0.383 e. The van der Waals surface area contributed by atoms with Crippen molar-refractivity contribution in [1.29, 1.82) is 0 Å². The quantitative estimate of drug-likeness (QED) is 0.836. The second-order valence-electron chi connectivity index (χ2n) is 3.56.